The van der Waals surface area contributed by atoms with Gasteiger partial charge in [0.1, 0.15) is 0 Å². The van der Waals surface area contributed by atoms with Gasteiger partial charge in [-0.15, -0.1) is 0 Å². The monoisotopic (exact) mass is 228 g/mol. The third kappa shape index (κ3) is 4.78. The van der Waals surface area contributed by atoms with Gasteiger partial charge in [0.05, 0.1) is 10.3 Å². The third-order valence-corrected chi connectivity index (χ3v) is 2.67. The first-order valence-electron chi connectivity index (χ1n) is 2.86. The van der Waals surface area contributed by atoms with Gasteiger partial charge in [-0.3, -0.25) is 9.11 Å². The maximum Gasteiger partial charge on any atom is 0.294 e. The molecule has 8 heteroatoms. The van der Waals surface area contributed by atoms with Crippen molar-refractivity contribution >= 4 is 20.2 Å². The number of hydrogen-bond acceptors (Lipinski definition) is 4. The van der Waals surface area contributed by atoms with E-state index in [9.17, 15) is 16.8 Å². The van der Waals surface area contributed by atoms with Crippen molar-refractivity contribution in [2.24, 2.45) is 0 Å². The summed E-state index contributed by atoms with van der Waals surface area (Å²) in [5.41, 5.74) is -0.356. The average molecular weight is 228 g/mol. The molecule has 6 nitrogen and oxygen atoms in total. The normalized spacial score (nSPS) is 14.2. The van der Waals surface area contributed by atoms with Crippen molar-refractivity contribution < 1.29 is 25.9 Å². The third-order valence-electron chi connectivity index (χ3n) is 1.08. The first-order valence-corrected chi connectivity index (χ1v) is 5.81. The molecule has 0 heterocycles. The van der Waals surface area contributed by atoms with Gasteiger partial charge in [-0.05, 0) is 12.5 Å². The lowest BCUT2D eigenvalue weighted by Gasteiger charge is -1.99. The molecule has 0 aromatic rings. The quantitative estimate of drug-likeness (QED) is 0.526. The van der Waals surface area contributed by atoms with Crippen LogP contribution in [0.1, 0.15) is 6.92 Å². The summed E-state index contributed by atoms with van der Waals surface area (Å²) in [7, 11) is -8.94. The summed E-state index contributed by atoms with van der Waals surface area (Å²) in [6, 6.07) is 0. The van der Waals surface area contributed by atoms with Gasteiger partial charge >= 0.3 is 0 Å². The summed E-state index contributed by atoms with van der Waals surface area (Å²) in [6.45, 7) is 4.00. The zero-order valence-electron chi connectivity index (χ0n) is 6.63. The summed E-state index contributed by atoms with van der Waals surface area (Å²) in [4.78, 5) is -0.773. The number of allylic oxidation sites excluding steroid dienone is 1. The van der Waals surface area contributed by atoms with E-state index < -0.39 is 25.1 Å². The van der Waals surface area contributed by atoms with Crippen LogP contribution in [0.2, 0.25) is 0 Å². The van der Waals surface area contributed by atoms with Crippen molar-refractivity contribution in [3.63, 3.8) is 0 Å². The van der Waals surface area contributed by atoms with Crippen LogP contribution in [0.25, 0.3) is 0 Å². The molecular formula is C5H8O6S2. The lowest BCUT2D eigenvalue weighted by atomic mass is 10.3. The van der Waals surface area contributed by atoms with Gasteiger partial charge in [-0.25, -0.2) is 0 Å². The van der Waals surface area contributed by atoms with Crippen molar-refractivity contribution in [1.29, 1.82) is 0 Å². The van der Waals surface area contributed by atoms with E-state index in [4.69, 9.17) is 9.11 Å². The fourth-order valence-corrected chi connectivity index (χ4v) is 1.62. The van der Waals surface area contributed by atoms with Crippen molar-refractivity contribution in [2.75, 3.05) is 0 Å². The van der Waals surface area contributed by atoms with Crippen molar-refractivity contribution in [3.05, 3.63) is 22.5 Å². The molecule has 0 bridgehead atoms. The Hall–Kier alpha value is -0.700. The Morgan fingerprint density at radius 2 is 1.62 bits per heavy atom. The van der Waals surface area contributed by atoms with E-state index in [0.717, 1.165) is 6.92 Å². The maximum atomic E-state index is 10.4. The van der Waals surface area contributed by atoms with E-state index in [1.54, 1.807) is 0 Å². The molecule has 0 aromatic carbocycles. The Morgan fingerprint density at radius 1 is 1.23 bits per heavy atom. The highest BCUT2D eigenvalue weighted by molar-refractivity contribution is 7.90. The Balaban J connectivity index is 5.19. The van der Waals surface area contributed by atoms with Gasteiger partial charge in [0.2, 0.25) is 0 Å². The molecule has 0 fully saturated rings. The first-order chi connectivity index (χ1) is 5.54. The highest BCUT2D eigenvalue weighted by Gasteiger charge is 2.14. The maximum absolute atomic E-state index is 10.4. The van der Waals surface area contributed by atoms with Gasteiger partial charge in [0.15, 0.2) is 0 Å². The van der Waals surface area contributed by atoms with Gasteiger partial charge in [0.25, 0.3) is 20.2 Å². The molecule has 76 valence electrons. The van der Waals surface area contributed by atoms with Crippen LogP contribution in [0, 0.1) is 0 Å². The number of hydrogen-bond donors (Lipinski definition) is 2. The van der Waals surface area contributed by atoms with E-state index in [1.807, 2.05) is 0 Å². The van der Waals surface area contributed by atoms with Crippen LogP contribution < -0.4 is 0 Å². The highest BCUT2D eigenvalue weighted by atomic mass is 32.2. The molecule has 0 amide bonds. The fourth-order valence-electron chi connectivity index (χ4n) is 0.493. The second kappa shape index (κ2) is 3.58. The molecule has 0 rings (SSSR count). The van der Waals surface area contributed by atoms with E-state index in [1.165, 1.54) is 0 Å². The Morgan fingerprint density at radius 3 is 1.85 bits per heavy atom. The molecule has 13 heavy (non-hydrogen) atoms. The molecule has 0 atom stereocenters. The topological polar surface area (TPSA) is 109 Å². The van der Waals surface area contributed by atoms with Crippen molar-refractivity contribution in [3.8, 4) is 0 Å². The van der Waals surface area contributed by atoms with Crippen LogP contribution in [0.5, 0.6) is 0 Å². The molecular weight excluding hydrogens is 220 g/mol. The molecule has 0 aromatic heterocycles. The van der Waals surface area contributed by atoms with Crippen LogP contribution >= 0.6 is 0 Å². The molecule has 2 N–H and O–H groups in total. The summed E-state index contributed by atoms with van der Waals surface area (Å²) < 4.78 is 58.0. The van der Waals surface area contributed by atoms with Gasteiger partial charge in [-0.2, -0.15) is 16.8 Å². The van der Waals surface area contributed by atoms with Crippen LogP contribution in [0.4, 0.5) is 0 Å². The summed E-state index contributed by atoms with van der Waals surface area (Å²) in [5, 5.41) is 0.281. The molecule has 0 aliphatic carbocycles. The molecule has 0 saturated heterocycles. The highest BCUT2D eigenvalue weighted by Crippen LogP contribution is 2.13. The Labute approximate surface area is 76.1 Å². The molecule has 0 aliphatic heterocycles. The van der Waals surface area contributed by atoms with E-state index >= 15 is 0 Å². The molecule has 0 unspecified atom stereocenters. The van der Waals surface area contributed by atoms with Crippen molar-refractivity contribution in [1.82, 2.24) is 0 Å². The SMILES string of the molecule is C=C(/C(C)=C/S(=O)(=O)O)S(=O)(=O)O. The standard InChI is InChI=1S/C5H8O6S2/c1-4(3-12(6,7)8)5(2)13(9,10)11/h3H,2H2,1H3,(H,6,7,8)(H,9,10,11)/b4-3+. The summed E-state index contributed by atoms with van der Waals surface area (Å²) >= 11 is 0. The van der Waals surface area contributed by atoms with Gasteiger partial charge in [-0.1, -0.05) is 6.58 Å². The van der Waals surface area contributed by atoms with E-state index in [-0.39, 0.29) is 11.0 Å². The molecule has 0 saturated carbocycles. The zero-order valence-corrected chi connectivity index (χ0v) is 8.26. The molecule has 0 spiro atoms. The van der Waals surface area contributed by atoms with Crippen LogP contribution in [-0.4, -0.2) is 25.9 Å². The molecule has 0 aliphatic rings. The first kappa shape index (κ1) is 12.3. The van der Waals surface area contributed by atoms with Gasteiger partial charge in [0, 0.05) is 0 Å². The smallest absolute Gasteiger partial charge is 0.282 e. The fraction of sp³-hybridized carbons (Fsp3) is 0.200. The predicted molar refractivity (Wildman–Crippen MR) is 46.0 cm³/mol. The summed E-state index contributed by atoms with van der Waals surface area (Å²) in [5.74, 6) is 0. The minimum atomic E-state index is -4.51. The lowest BCUT2D eigenvalue weighted by molar-refractivity contribution is 0.491. The second-order valence-electron chi connectivity index (χ2n) is 2.21. The van der Waals surface area contributed by atoms with Crippen molar-refractivity contribution in [2.45, 2.75) is 6.92 Å². The lowest BCUT2D eigenvalue weighted by Crippen LogP contribution is -2.03. The average Bonchev–Trinajstić information content (AvgIpc) is 1.79. The Kier molecular flexibility index (Phi) is 3.39. The Bertz CT molecular complexity index is 437. The minimum absolute atomic E-state index is 0.281. The predicted octanol–water partition coefficient (Wildman–Crippen LogP) is 0.180. The summed E-state index contributed by atoms with van der Waals surface area (Å²) in [6.07, 6.45) is 0. The van der Waals surface area contributed by atoms with E-state index in [2.05, 4.69) is 6.58 Å². The van der Waals surface area contributed by atoms with Crippen LogP contribution in [0.15, 0.2) is 22.5 Å². The number of rotatable bonds is 3. The zero-order chi connectivity index (χ0) is 10.9. The largest absolute Gasteiger partial charge is 0.294 e. The van der Waals surface area contributed by atoms with E-state index in [0.29, 0.717) is 0 Å². The molecule has 0 radical (unpaired) electrons. The van der Waals surface area contributed by atoms with Gasteiger partial charge < -0.3 is 0 Å². The van der Waals surface area contributed by atoms with Crippen LogP contribution in [-0.2, 0) is 20.2 Å². The minimum Gasteiger partial charge on any atom is -0.282 e. The second-order valence-corrected chi connectivity index (χ2v) is 4.92. The van der Waals surface area contributed by atoms with Crippen LogP contribution in [0.3, 0.4) is 0 Å².